The number of nitrogens with zero attached hydrogens (tertiary/aromatic N) is 1. The molecule has 102 valence electrons. The van der Waals surface area contributed by atoms with Crippen LogP contribution in [-0.4, -0.2) is 38.7 Å². The molecule has 19 heavy (non-hydrogen) atoms. The number of anilines is 2. The van der Waals surface area contributed by atoms with Crippen LogP contribution in [-0.2, 0) is 4.79 Å². The van der Waals surface area contributed by atoms with Gasteiger partial charge in [0.2, 0.25) is 5.91 Å². The number of hydrogen-bond donors (Lipinski definition) is 2. The highest BCUT2D eigenvalue weighted by molar-refractivity contribution is 5.94. The van der Waals surface area contributed by atoms with Gasteiger partial charge in [-0.05, 0) is 12.1 Å². The lowest BCUT2D eigenvalue weighted by Gasteiger charge is -2.29. The van der Waals surface area contributed by atoms with Gasteiger partial charge in [-0.15, -0.1) is 0 Å². The predicted octanol–water partition coefficient (Wildman–Crippen LogP) is 1.06. The molecule has 5 heteroatoms. The van der Waals surface area contributed by atoms with E-state index in [0.717, 1.165) is 43.3 Å². The van der Waals surface area contributed by atoms with Crippen LogP contribution in [0.25, 0.3) is 0 Å². The van der Waals surface area contributed by atoms with Crippen LogP contribution >= 0.6 is 0 Å². The zero-order valence-electron chi connectivity index (χ0n) is 11.1. The molecule has 1 aromatic carbocycles. The Morgan fingerprint density at radius 1 is 1.32 bits per heavy atom. The molecule has 0 bridgehead atoms. The van der Waals surface area contributed by atoms with Crippen molar-refractivity contribution in [1.29, 1.82) is 0 Å². The smallest absolute Gasteiger partial charge is 0.230 e. The number of carbonyl (C=O) groups excluding carboxylic acids is 1. The lowest BCUT2D eigenvalue weighted by atomic mass is 10.2. The van der Waals surface area contributed by atoms with Gasteiger partial charge in [-0.25, -0.2) is 0 Å². The van der Waals surface area contributed by atoms with Crippen molar-refractivity contribution in [3.8, 4) is 5.75 Å². The van der Waals surface area contributed by atoms with Crippen molar-refractivity contribution in [3.63, 3.8) is 0 Å². The van der Waals surface area contributed by atoms with Gasteiger partial charge in [0.05, 0.1) is 18.2 Å². The normalized spacial score (nSPS) is 23.1. The SMILES string of the molecule is CC1COc2cc(N3CCNCC3)ccc2NC1=O. The molecule has 0 radical (unpaired) electrons. The zero-order chi connectivity index (χ0) is 13.2. The molecule has 2 N–H and O–H groups in total. The summed E-state index contributed by atoms with van der Waals surface area (Å²) in [5.74, 6) is 0.678. The van der Waals surface area contributed by atoms with E-state index in [1.165, 1.54) is 0 Å². The monoisotopic (exact) mass is 261 g/mol. The molecule has 0 saturated carbocycles. The molecule has 1 aromatic rings. The summed E-state index contributed by atoms with van der Waals surface area (Å²) in [7, 11) is 0. The number of nitrogens with one attached hydrogen (secondary N) is 2. The molecule has 2 aliphatic heterocycles. The fraction of sp³-hybridized carbons (Fsp3) is 0.500. The van der Waals surface area contributed by atoms with E-state index in [9.17, 15) is 4.79 Å². The van der Waals surface area contributed by atoms with E-state index in [1.54, 1.807) is 0 Å². The molecule has 2 aliphatic rings. The summed E-state index contributed by atoms with van der Waals surface area (Å²) in [5.41, 5.74) is 1.93. The van der Waals surface area contributed by atoms with E-state index in [0.29, 0.717) is 6.61 Å². The Morgan fingerprint density at radius 3 is 2.89 bits per heavy atom. The Labute approximate surface area is 112 Å². The number of rotatable bonds is 1. The molecule has 5 nitrogen and oxygen atoms in total. The first-order valence-electron chi connectivity index (χ1n) is 6.77. The van der Waals surface area contributed by atoms with Gasteiger partial charge in [0.15, 0.2) is 0 Å². The fourth-order valence-electron chi connectivity index (χ4n) is 2.40. The summed E-state index contributed by atoms with van der Waals surface area (Å²) in [5, 5.41) is 6.25. The van der Waals surface area contributed by atoms with Gasteiger partial charge in [0.25, 0.3) is 0 Å². The molecule has 3 rings (SSSR count). The zero-order valence-corrected chi connectivity index (χ0v) is 11.1. The molecule has 1 atom stereocenters. The predicted molar refractivity (Wildman–Crippen MR) is 74.8 cm³/mol. The van der Waals surface area contributed by atoms with Gasteiger partial charge in [-0.3, -0.25) is 4.79 Å². The summed E-state index contributed by atoms with van der Waals surface area (Å²) >= 11 is 0. The highest BCUT2D eigenvalue weighted by Gasteiger charge is 2.21. The molecule has 0 spiro atoms. The Balaban J connectivity index is 1.85. The first kappa shape index (κ1) is 12.3. The van der Waals surface area contributed by atoms with E-state index < -0.39 is 0 Å². The molecule has 1 unspecified atom stereocenters. The number of amides is 1. The topological polar surface area (TPSA) is 53.6 Å². The quantitative estimate of drug-likeness (QED) is 0.794. The largest absolute Gasteiger partial charge is 0.491 e. The van der Waals surface area contributed by atoms with Crippen LogP contribution < -0.4 is 20.3 Å². The lowest BCUT2D eigenvalue weighted by molar-refractivity contribution is -0.119. The lowest BCUT2D eigenvalue weighted by Crippen LogP contribution is -2.43. The minimum atomic E-state index is -0.116. The average Bonchev–Trinajstić information content (AvgIpc) is 2.59. The van der Waals surface area contributed by atoms with E-state index >= 15 is 0 Å². The molecule has 2 heterocycles. The summed E-state index contributed by atoms with van der Waals surface area (Å²) in [6.45, 7) is 6.32. The minimum Gasteiger partial charge on any atom is -0.491 e. The molecular weight excluding hydrogens is 242 g/mol. The van der Waals surface area contributed by atoms with Crippen LogP contribution in [0.4, 0.5) is 11.4 Å². The van der Waals surface area contributed by atoms with Crippen LogP contribution in [0.3, 0.4) is 0 Å². The van der Waals surface area contributed by atoms with Crippen molar-refractivity contribution in [3.05, 3.63) is 18.2 Å². The van der Waals surface area contributed by atoms with E-state index in [1.807, 2.05) is 25.1 Å². The van der Waals surface area contributed by atoms with Gasteiger partial charge < -0.3 is 20.3 Å². The maximum Gasteiger partial charge on any atom is 0.230 e. The van der Waals surface area contributed by atoms with Crippen molar-refractivity contribution < 1.29 is 9.53 Å². The molecular formula is C14H19N3O2. The number of fused-ring (bicyclic) bond motifs is 1. The van der Waals surface area contributed by atoms with Crippen molar-refractivity contribution >= 4 is 17.3 Å². The maximum atomic E-state index is 11.8. The number of hydrogen-bond acceptors (Lipinski definition) is 4. The number of piperazine rings is 1. The first-order chi connectivity index (χ1) is 9.24. The molecule has 0 aliphatic carbocycles. The third-order valence-electron chi connectivity index (χ3n) is 3.64. The summed E-state index contributed by atoms with van der Waals surface area (Å²) < 4.78 is 5.74. The Morgan fingerprint density at radius 2 is 2.11 bits per heavy atom. The Bertz CT molecular complexity index is 484. The van der Waals surface area contributed by atoms with Gasteiger partial charge in [0, 0.05) is 37.9 Å². The summed E-state index contributed by atoms with van der Waals surface area (Å²) in [4.78, 5) is 14.1. The van der Waals surface area contributed by atoms with Crippen LogP contribution in [0.1, 0.15) is 6.92 Å². The molecule has 0 aromatic heterocycles. The average molecular weight is 261 g/mol. The highest BCUT2D eigenvalue weighted by atomic mass is 16.5. The minimum absolute atomic E-state index is 0.0219. The standard InChI is InChI=1S/C14H19N3O2/c1-10-9-19-13-8-11(17-6-4-15-5-7-17)2-3-12(13)16-14(10)18/h2-3,8,10,15H,4-7,9H2,1H3,(H,16,18). The third-order valence-corrected chi connectivity index (χ3v) is 3.64. The van der Waals surface area contributed by atoms with Crippen molar-refractivity contribution in [2.24, 2.45) is 5.92 Å². The van der Waals surface area contributed by atoms with Crippen LogP contribution in [0.5, 0.6) is 5.75 Å². The second-order valence-corrected chi connectivity index (χ2v) is 5.12. The molecule has 1 fully saturated rings. The second-order valence-electron chi connectivity index (χ2n) is 5.12. The first-order valence-corrected chi connectivity index (χ1v) is 6.77. The number of carbonyl (C=O) groups is 1. The van der Waals surface area contributed by atoms with E-state index in [2.05, 4.69) is 15.5 Å². The fourth-order valence-corrected chi connectivity index (χ4v) is 2.40. The molecule has 1 saturated heterocycles. The number of benzene rings is 1. The number of ether oxygens (including phenoxy) is 1. The third kappa shape index (κ3) is 2.51. The van der Waals surface area contributed by atoms with Gasteiger partial charge in [0.1, 0.15) is 5.75 Å². The van der Waals surface area contributed by atoms with Gasteiger partial charge in [-0.2, -0.15) is 0 Å². The van der Waals surface area contributed by atoms with Gasteiger partial charge >= 0.3 is 0 Å². The van der Waals surface area contributed by atoms with Crippen molar-refractivity contribution in [1.82, 2.24) is 5.32 Å². The van der Waals surface area contributed by atoms with Crippen LogP contribution in [0.2, 0.25) is 0 Å². The molecule has 1 amide bonds. The summed E-state index contributed by atoms with van der Waals surface area (Å²) in [6, 6.07) is 6.01. The van der Waals surface area contributed by atoms with Crippen molar-refractivity contribution in [2.75, 3.05) is 43.0 Å². The second kappa shape index (κ2) is 5.09. The van der Waals surface area contributed by atoms with E-state index in [4.69, 9.17) is 4.74 Å². The Hall–Kier alpha value is -1.75. The maximum absolute atomic E-state index is 11.8. The van der Waals surface area contributed by atoms with E-state index in [-0.39, 0.29) is 11.8 Å². The van der Waals surface area contributed by atoms with Gasteiger partial charge in [-0.1, -0.05) is 6.92 Å². The Kier molecular flexibility index (Phi) is 3.29. The van der Waals surface area contributed by atoms with Crippen LogP contribution in [0.15, 0.2) is 18.2 Å². The van der Waals surface area contributed by atoms with Crippen LogP contribution in [0, 0.1) is 5.92 Å². The summed E-state index contributed by atoms with van der Waals surface area (Å²) in [6.07, 6.45) is 0. The van der Waals surface area contributed by atoms with Crippen molar-refractivity contribution in [2.45, 2.75) is 6.92 Å². The highest BCUT2D eigenvalue weighted by Crippen LogP contribution is 2.32.